The van der Waals surface area contributed by atoms with E-state index in [1.165, 1.54) is 22.7 Å². The van der Waals surface area contributed by atoms with Gasteiger partial charge in [-0.2, -0.15) is 0 Å². The van der Waals surface area contributed by atoms with Gasteiger partial charge in [0.1, 0.15) is 0 Å². The summed E-state index contributed by atoms with van der Waals surface area (Å²) in [5.41, 5.74) is 0.341. The van der Waals surface area contributed by atoms with Crippen LogP contribution in [0.1, 0.15) is 77.6 Å². The lowest BCUT2D eigenvalue weighted by Crippen LogP contribution is -2.22. The number of esters is 2. The van der Waals surface area contributed by atoms with Crippen LogP contribution in [-0.4, -0.2) is 35.0 Å². The topological polar surface area (TPSA) is 102 Å². The van der Waals surface area contributed by atoms with Gasteiger partial charge in [0.15, 0.2) is 21.5 Å². The summed E-state index contributed by atoms with van der Waals surface area (Å²) in [6.45, 7) is 9.41. The summed E-state index contributed by atoms with van der Waals surface area (Å²) >= 11 is 3.04. The smallest absolute Gasteiger partial charge is 0.310 e. The second kappa shape index (κ2) is 10.2. The zero-order valence-corrected chi connectivity index (χ0v) is 21.9. The van der Waals surface area contributed by atoms with Crippen molar-refractivity contribution in [3.63, 3.8) is 0 Å². The highest BCUT2D eigenvalue weighted by Crippen LogP contribution is 2.43. The van der Waals surface area contributed by atoms with Gasteiger partial charge < -0.3 is 20.1 Å². The van der Waals surface area contributed by atoms with Gasteiger partial charge >= 0.3 is 11.9 Å². The molecule has 0 aliphatic carbocycles. The molecule has 4 rings (SSSR count). The SMILES string of the molecule is CCC[C@@H]1C[C@](C)(c2csc(NCCNc3nc([C@@]4(C)C[C@@H](CCC)C(=O)O4)cs3)n2)OC1=O. The van der Waals surface area contributed by atoms with Crippen molar-refractivity contribution in [1.82, 2.24) is 9.97 Å². The predicted octanol–water partition coefficient (Wildman–Crippen LogP) is 5.28. The van der Waals surface area contributed by atoms with E-state index in [9.17, 15) is 9.59 Å². The summed E-state index contributed by atoms with van der Waals surface area (Å²) in [6.07, 6.45) is 5.02. The molecule has 2 aromatic heterocycles. The lowest BCUT2D eigenvalue weighted by atomic mass is 9.91. The van der Waals surface area contributed by atoms with Crippen LogP contribution < -0.4 is 10.6 Å². The first-order chi connectivity index (χ1) is 16.3. The zero-order chi connectivity index (χ0) is 24.3. The van der Waals surface area contributed by atoms with Crippen LogP contribution in [0, 0.1) is 11.8 Å². The normalized spacial score (nSPS) is 28.7. The number of carbonyl (C=O) groups excluding carboxylic acids is 2. The monoisotopic (exact) mass is 506 g/mol. The third-order valence-electron chi connectivity index (χ3n) is 6.63. The predicted molar refractivity (Wildman–Crippen MR) is 134 cm³/mol. The van der Waals surface area contributed by atoms with Crippen molar-refractivity contribution in [2.24, 2.45) is 11.8 Å². The number of carbonyl (C=O) groups is 2. The molecular weight excluding hydrogens is 472 g/mol. The van der Waals surface area contributed by atoms with E-state index in [1.807, 2.05) is 24.6 Å². The summed E-state index contributed by atoms with van der Waals surface area (Å²) in [5.74, 6) is -0.289. The lowest BCUT2D eigenvalue weighted by Gasteiger charge is -2.20. The Morgan fingerprint density at radius 2 is 1.26 bits per heavy atom. The van der Waals surface area contributed by atoms with Gasteiger partial charge in [-0.05, 0) is 26.7 Å². The molecule has 8 nitrogen and oxygen atoms in total. The second-order valence-electron chi connectivity index (χ2n) is 9.61. The fourth-order valence-corrected chi connectivity index (χ4v) is 6.51. The molecule has 0 bridgehead atoms. The molecule has 0 unspecified atom stereocenters. The molecule has 2 N–H and O–H groups in total. The molecule has 0 amide bonds. The summed E-state index contributed by atoms with van der Waals surface area (Å²) in [4.78, 5) is 33.7. The summed E-state index contributed by atoms with van der Waals surface area (Å²) in [7, 11) is 0. The number of thiazole rings is 2. The lowest BCUT2D eigenvalue weighted by molar-refractivity contribution is -0.151. The van der Waals surface area contributed by atoms with E-state index < -0.39 is 11.2 Å². The number of nitrogens with zero attached hydrogens (tertiary/aromatic N) is 2. The van der Waals surface area contributed by atoms with Crippen LogP contribution >= 0.6 is 22.7 Å². The highest BCUT2D eigenvalue weighted by Gasteiger charge is 2.46. The standard InChI is InChI=1S/C24H34N4O4S2/c1-5-7-15-11-23(3,31-19(15)29)17-13-33-21(27-17)25-9-10-26-22-28-18(14-34-22)24(4)12-16(8-6-2)20(30)32-24/h13-16H,5-12H2,1-4H3,(H,25,27)(H,26,28)/t15-,16-,23-,24-/m1/s1. The van der Waals surface area contributed by atoms with Crippen LogP contribution in [0.4, 0.5) is 10.3 Å². The highest BCUT2D eigenvalue weighted by atomic mass is 32.1. The Morgan fingerprint density at radius 3 is 1.65 bits per heavy atom. The summed E-state index contributed by atoms with van der Waals surface area (Å²) in [5, 5.41) is 12.2. The van der Waals surface area contributed by atoms with E-state index in [2.05, 4.69) is 34.4 Å². The van der Waals surface area contributed by atoms with Gasteiger partial charge in [-0.3, -0.25) is 9.59 Å². The van der Waals surface area contributed by atoms with Crippen molar-refractivity contribution in [3.05, 3.63) is 22.1 Å². The molecule has 2 aliphatic heterocycles. The molecule has 2 aromatic rings. The first kappa shape index (κ1) is 24.9. The van der Waals surface area contributed by atoms with Crippen molar-refractivity contribution < 1.29 is 19.1 Å². The average Bonchev–Trinajstić information content (AvgIpc) is 3.55. The van der Waals surface area contributed by atoms with E-state index in [4.69, 9.17) is 9.47 Å². The van der Waals surface area contributed by atoms with Crippen LogP contribution in [0.25, 0.3) is 0 Å². The van der Waals surface area contributed by atoms with Gasteiger partial charge in [-0.15, -0.1) is 22.7 Å². The summed E-state index contributed by atoms with van der Waals surface area (Å²) in [6, 6.07) is 0. The molecular formula is C24H34N4O4S2. The number of rotatable bonds is 11. The van der Waals surface area contributed by atoms with Gasteiger partial charge in [-0.1, -0.05) is 26.7 Å². The first-order valence-electron chi connectivity index (χ1n) is 12.1. The molecule has 0 saturated carbocycles. The molecule has 2 saturated heterocycles. The minimum Gasteiger partial charge on any atom is -0.453 e. The number of cyclic esters (lactones) is 2. The Bertz CT molecular complexity index is 944. The minimum absolute atomic E-state index is 0.0342. The Hall–Kier alpha value is -2.20. The number of hydrogen-bond donors (Lipinski definition) is 2. The Morgan fingerprint density at radius 1 is 0.853 bits per heavy atom. The van der Waals surface area contributed by atoms with E-state index in [0.717, 1.165) is 47.3 Å². The summed E-state index contributed by atoms with van der Waals surface area (Å²) < 4.78 is 11.4. The number of aromatic nitrogens is 2. The average molecular weight is 507 g/mol. The van der Waals surface area contributed by atoms with E-state index in [1.54, 1.807) is 0 Å². The zero-order valence-electron chi connectivity index (χ0n) is 20.3. The van der Waals surface area contributed by atoms with Crippen LogP contribution in [0.15, 0.2) is 10.8 Å². The molecule has 0 aromatic carbocycles. The Kier molecular flexibility index (Phi) is 7.47. The molecule has 2 fully saturated rings. The third-order valence-corrected chi connectivity index (χ3v) is 8.23. The fraction of sp³-hybridized carbons (Fsp3) is 0.667. The minimum atomic E-state index is -0.640. The van der Waals surface area contributed by atoms with Gasteiger partial charge in [-0.25, -0.2) is 9.97 Å². The maximum atomic E-state index is 12.2. The Balaban J connectivity index is 1.25. The number of hydrogen-bond acceptors (Lipinski definition) is 10. The highest BCUT2D eigenvalue weighted by molar-refractivity contribution is 7.14. The number of nitrogens with one attached hydrogen (secondary N) is 2. The van der Waals surface area contributed by atoms with Crippen LogP contribution in [0.5, 0.6) is 0 Å². The van der Waals surface area contributed by atoms with Crippen molar-refractivity contribution in [1.29, 1.82) is 0 Å². The van der Waals surface area contributed by atoms with Gasteiger partial charge in [0.05, 0.1) is 23.2 Å². The molecule has 4 heterocycles. The van der Waals surface area contributed by atoms with E-state index in [-0.39, 0.29) is 23.8 Å². The van der Waals surface area contributed by atoms with Crippen molar-refractivity contribution in [3.8, 4) is 0 Å². The second-order valence-corrected chi connectivity index (χ2v) is 11.3. The van der Waals surface area contributed by atoms with Gasteiger partial charge in [0, 0.05) is 36.7 Å². The van der Waals surface area contributed by atoms with Crippen molar-refractivity contribution >= 4 is 44.9 Å². The maximum Gasteiger partial charge on any atom is 0.310 e. The van der Waals surface area contributed by atoms with Gasteiger partial charge in [0.25, 0.3) is 0 Å². The maximum absolute atomic E-state index is 12.2. The van der Waals surface area contributed by atoms with Crippen LogP contribution in [0.3, 0.4) is 0 Å². The van der Waals surface area contributed by atoms with E-state index in [0.29, 0.717) is 25.9 Å². The molecule has 186 valence electrons. The quantitative estimate of drug-likeness (QED) is 0.313. The van der Waals surface area contributed by atoms with Crippen LogP contribution in [-0.2, 0) is 30.3 Å². The molecule has 10 heteroatoms. The van der Waals surface area contributed by atoms with Gasteiger partial charge in [0.2, 0.25) is 0 Å². The van der Waals surface area contributed by atoms with E-state index >= 15 is 0 Å². The number of ether oxygens (including phenoxy) is 2. The molecule has 34 heavy (non-hydrogen) atoms. The number of anilines is 2. The largest absolute Gasteiger partial charge is 0.453 e. The first-order valence-corrected chi connectivity index (χ1v) is 13.9. The molecule has 4 atom stereocenters. The third kappa shape index (κ3) is 5.22. The molecule has 0 spiro atoms. The molecule has 2 aliphatic rings. The van der Waals surface area contributed by atoms with Crippen LogP contribution in [0.2, 0.25) is 0 Å². The fourth-order valence-electron chi connectivity index (χ4n) is 4.79. The Labute approximate surface area is 208 Å². The van der Waals surface area contributed by atoms with Crippen molar-refractivity contribution in [2.75, 3.05) is 23.7 Å². The van der Waals surface area contributed by atoms with Crippen molar-refractivity contribution in [2.45, 2.75) is 77.4 Å². The molecule has 0 radical (unpaired) electrons.